The van der Waals surface area contributed by atoms with Crippen LogP contribution < -0.4 is 10.6 Å². The maximum atomic E-state index is 9.15. The molecule has 4 heteroatoms. The number of anilines is 2. The minimum atomic E-state index is 0.253. The lowest BCUT2D eigenvalue weighted by Crippen LogP contribution is -2.37. The third kappa shape index (κ3) is 2.21. The van der Waals surface area contributed by atoms with Gasteiger partial charge in [-0.05, 0) is 30.9 Å². The summed E-state index contributed by atoms with van der Waals surface area (Å²) in [5, 5.41) is 9.15. The largest absolute Gasteiger partial charge is 0.396 e. The van der Waals surface area contributed by atoms with Gasteiger partial charge in [0.25, 0.3) is 0 Å². The van der Waals surface area contributed by atoms with Crippen molar-refractivity contribution in [2.75, 3.05) is 30.3 Å². The molecule has 1 fully saturated rings. The van der Waals surface area contributed by atoms with Crippen molar-refractivity contribution in [1.82, 2.24) is 4.98 Å². The maximum Gasteiger partial charge on any atom is 0.151 e. The Hall–Kier alpha value is -1.29. The van der Waals surface area contributed by atoms with Gasteiger partial charge in [0.15, 0.2) is 5.82 Å². The van der Waals surface area contributed by atoms with Gasteiger partial charge in [-0.2, -0.15) is 0 Å². The number of aliphatic hydroxyl groups is 1. The van der Waals surface area contributed by atoms with E-state index in [2.05, 4.69) is 9.88 Å². The van der Waals surface area contributed by atoms with Crippen LogP contribution in [0.2, 0.25) is 0 Å². The first-order valence-corrected chi connectivity index (χ1v) is 5.37. The van der Waals surface area contributed by atoms with Crippen LogP contribution in [0.15, 0.2) is 18.3 Å². The number of aliphatic hydroxyl groups excluding tert-OH is 1. The van der Waals surface area contributed by atoms with Crippen molar-refractivity contribution in [2.24, 2.45) is 5.92 Å². The van der Waals surface area contributed by atoms with E-state index >= 15 is 0 Å². The van der Waals surface area contributed by atoms with Crippen LogP contribution in [0.3, 0.4) is 0 Å². The maximum absolute atomic E-state index is 9.15. The van der Waals surface area contributed by atoms with Crippen molar-refractivity contribution in [3.63, 3.8) is 0 Å². The molecule has 15 heavy (non-hydrogen) atoms. The fraction of sp³-hybridized carbons (Fsp3) is 0.545. The summed E-state index contributed by atoms with van der Waals surface area (Å²) in [5.74, 6) is 1.22. The second-order valence-corrected chi connectivity index (χ2v) is 4.05. The molecule has 0 bridgehead atoms. The van der Waals surface area contributed by atoms with Gasteiger partial charge in [0.2, 0.25) is 0 Å². The van der Waals surface area contributed by atoms with Gasteiger partial charge in [0.1, 0.15) is 0 Å². The Bertz CT molecular complexity index is 329. The highest BCUT2D eigenvalue weighted by Gasteiger charge is 2.21. The van der Waals surface area contributed by atoms with Crippen LogP contribution in [0.4, 0.5) is 11.5 Å². The molecule has 82 valence electrons. The van der Waals surface area contributed by atoms with Crippen molar-refractivity contribution >= 4 is 11.5 Å². The smallest absolute Gasteiger partial charge is 0.151 e. The topological polar surface area (TPSA) is 62.4 Å². The lowest BCUT2D eigenvalue weighted by molar-refractivity contribution is 0.208. The Morgan fingerprint density at radius 1 is 1.60 bits per heavy atom. The van der Waals surface area contributed by atoms with E-state index in [1.54, 1.807) is 6.20 Å². The molecular weight excluding hydrogens is 190 g/mol. The zero-order chi connectivity index (χ0) is 10.7. The Labute approximate surface area is 89.7 Å². The van der Waals surface area contributed by atoms with Crippen molar-refractivity contribution in [2.45, 2.75) is 12.8 Å². The summed E-state index contributed by atoms with van der Waals surface area (Å²) in [5.41, 5.74) is 6.59. The predicted molar refractivity (Wildman–Crippen MR) is 60.7 cm³/mol. The highest BCUT2D eigenvalue weighted by atomic mass is 16.3. The number of rotatable bonds is 2. The molecule has 2 heterocycles. The van der Waals surface area contributed by atoms with Gasteiger partial charge in [-0.25, -0.2) is 4.98 Å². The van der Waals surface area contributed by atoms with Gasteiger partial charge in [0, 0.05) is 25.9 Å². The zero-order valence-electron chi connectivity index (χ0n) is 8.76. The molecule has 1 aliphatic heterocycles. The van der Waals surface area contributed by atoms with Crippen molar-refractivity contribution in [3.8, 4) is 0 Å². The molecule has 2 rings (SSSR count). The molecule has 0 unspecified atom stereocenters. The van der Waals surface area contributed by atoms with E-state index in [1.807, 2.05) is 12.1 Å². The van der Waals surface area contributed by atoms with Crippen LogP contribution in [-0.4, -0.2) is 29.8 Å². The highest BCUT2D eigenvalue weighted by Crippen LogP contribution is 2.25. The molecule has 0 saturated carbocycles. The Morgan fingerprint density at radius 2 is 2.47 bits per heavy atom. The average Bonchev–Trinajstić information content (AvgIpc) is 2.30. The fourth-order valence-electron chi connectivity index (χ4n) is 2.08. The van der Waals surface area contributed by atoms with Crippen LogP contribution in [0.25, 0.3) is 0 Å². The average molecular weight is 207 g/mol. The molecule has 0 aromatic carbocycles. The lowest BCUT2D eigenvalue weighted by atomic mass is 9.99. The van der Waals surface area contributed by atoms with E-state index in [9.17, 15) is 0 Å². The molecular formula is C11H17N3O. The van der Waals surface area contributed by atoms with Gasteiger partial charge in [-0.15, -0.1) is 0 Å². The molecule has 1 saturated heterocycles. The summed E-state index contributed by atoms with van der Waals surface area (Å²) in [4.78, 5) is 6.46. The molecule has 0 spiro atoms. The number of nitrogen functional groups attached to an aromatic ring is 1. The minimum absolute atomic E-state index is 0.253. The molecule has 0 radical (unpaired) electrons. The second kappa shape index (κ2) is 4.49. The van der Waals surface area contributed by atoms with Crippen LogP contribution in [0.1, 0.15) is 12.8 Å². The standard InChI is InChI=1S/C11H17N3O/c12-10-4-1-5-13-11(10)14-6-2-3-9(7-14)8-15/h1,4-5,9,15H,2-3,6-8,12H2/t9-/m1/s1. The van der Waals surface area contributed by atoms with Crippen LogP contribution in [0, 0.1) is 5.92 Å². The van der Waals surface area contributed by atoms with Crippen LogP contribution in [-0.2, 0) is 0 Å². The summed E-state index contributed by atoms with van der Waals surface area (Å²) in [6.45, 7) is 2.10. The quantitative estimate of drug-likeness (QED) is 0.755. The number of pyridine rings is 1. The SMILES string of the molecule is Nc1cccnc1N1CCC[C@@H](CO)C1. The number of piperidine rings is 1. The third-order valence-corrected chi connectivity index (χ3v) is 2.89. The molecule has 1 aliphatic rings. The van der Waals surface area contributed by atoms with Crippen molar-refractivity contribution < 1.29 is 5.11 Å². The van der Waals surface area contributed by atoms with Gasteiger partial charge in [-0.1, -0.05) is 0 Å². The molecule has 1 aromatic rings. The van der Waals surface area contributed by atoms with E-state index in [-0.39, 0.29) is 6.61 Å². The Balaban J connectivity index is 2.13. The van der Waals surface area contributed by atoms with Gasteiger partial charge in [-0.3, -0.25) is 0 Å². The van der Waals surface area contributed by atoms with Gasteiger partial charge >= 0.3 is 0 Å². The van der Waals surface area contributed by atoms with E-state index in [0.29, 0.717) is 5.92 Å². The molecule has 3 N–H and O–H groups in total. The van der Waals surface area contributed by atoms with Gasteiger partial charge in [0.05, 0.1) is 5.69 Å². The number of hydrogen-bond acceptors (Lipinski definition) is 4. The fourth-order valence-corrected chi connectivity index (χ4v) is 2.08. The number of aromatic nitrogens is 1. The molecule has 0 amide bonds. The molecule has 4 nitrogen and oxygen atoms in total. The highest BCUT2D eigenvalue weighted by molar-refractivity contribution is 5.62. The Kier molecular flexibility index (Phi) is 3.06. The van der Waals surface area contributed by atoms with E-state index < -0.39 is 0 Å². The second-order valence-electron chi connectivity index (χ2n) is 4.05. The number of nitrogens with zero attached hydrogens (tertiary/aromatic N) is 2. The summed E-state index contributed by atoms with van der Waals surface area (Å²) in [7, 11) is 0. The molecule has 1 atom stereocenters. The molecule has 1 aromatic heterocycles. The van der Waals surface area contributed by atoms with Crippen molar-refractivity contribution in [1.29, 1.82) is 0 Å². The van der Waals surface area contributed by atoms with E-state index in [0.717, 1.165) is 37.4 Å². The van der Waals surface area contributed by atoms with Crippen LogP contribution >= 0.6 is 0 Å². The summed E-state index contributed by atoms with van der Waals surface area (Å²) in [6.07, 6.45) is 3.95. The third-order valence-electron chi connectivity index (χ3n) is 2.89. The first-order valence-electron chi connectivity index (χ1n) is 5.37. The van der Waals surface area contributed by atoms with Gasteiger partial charge < -0.3 is 15.7 Å². The van der Waals surface area contributed by atoms with E-state index in [1.165, 1.54) is 0 Å². The zero-order valence-corrected chi connectivity index (χ0v) is 8.76. The monoisotopic (exact) mass is 207 g/mol. The Morgan fingerprint density at radius 3 is 3.20 bits per heavy atom. The predicted octanol–water partition coefficient (Wildman–Crippen LogP) is 0.872. The van der Waals surface area contributed by atoms with Crippen LogP contribution in [0.5, 0.6) is 0 Å². The number of nitrogens with two attached hydrogens (primary N) is 1. The summed E-state index contributed by atoms with van der Waals surface area (Å²) >= 11 is 0. The van der Waals surface area contributed by atoms with Crippen molar-refractivity contribution in [3.05, 3.63) is 18.3 Å². The normalized spacial score (nSPS) is 21.7. The van der Waals surface area contributed by atoms with E-state index in [4.69, 9.17) is 10.8 Å². The summed E-state index contributed by atoms with van der Waals surface area (Å²) < 4.78 is 0. The lowest BCUT2D eigenvalue weighted by Gasteiger charge is -2.33. The minimum Gasteiger partial charge on any atom is -0.396 e. The first kappa shape index (κ1) is 10.2. The number of hydrogen-bond donors (Lipinski definition) is 2. The first-order chi connectivity index (χ1) is 7.31. The summed E-state index contributed by atoms with van der Waals surface area (Å²) in [6, 6.07) is 3.71. The molecule has 0 aliphatic carbocycles.